The van der Waals surface area contributed by atoms with Crippen LogP contribution in [0.4, 0.5) is 0 Å². The molecule has 1 atom stereocenters. The summed E-state index contributed by atoms with van der Waals surface area (Å²) in [6, 6.07) is 4.44. The Hall–Kier alpha value is -1.26. The zero-order chi connectivity index (χ0) is 11.2. The van der Waals surface area contributed by atoms with Gasteiger partial charge in [-0.05, 0) is 24.4 Å². The maximum atomic E-state index is 4.08. The molecule has 3 nitrogen and oxygen atoms in total. The second-order valence-corrected chi connectivity index (χ2v) is 4.55. The molecular formula is C12H15N3S. The molecule has 16 heavy (non-hydrogen) atoms. The Morgan fingerprint density at radius 2 is 2.19 bits per heavy atom. The van der Waals surface area contributed by atoms with E-state index in [1.54, 1.807) is 17.7 Å². The molecule has 0 saturated carbocycles. The number of rotatable bonds is 5. The Balaban J connectivity index is 2.21. The van der Waals surface area contributed by atoms with E-state index in [0.717, 1.165) is 18.5 Å². The van der Waals surface area contributed by atoms with Crippen LogP contribution in [0.2, 0.25) is 0 Å². The van der Waals surface area contributed by atoms with Crippen LogP contribution in [-0.4, -0.2) is 16.5 Å². The van der Waals surface area contributed by atoms with Crippen molar-refractivity contribution in [2.24, 2.45) is 0 Å². The third-order valence-electron chi connectivity index (χ3n) is 2.34. The third-order valence-corrected chi connectivity index (χ3v) is 3.28. The van der Waals surface area contributed by atoms with Crippen molar-refractivity contribution in [3.8, 4) is 0 Å². The number of hydrogen-bond acceptors (Lipinski definition) is 4. The highest BCUT2D eigenvalue weighted by atomic mass is 32.1. The minimum Gasteiger partial charge on any atom is -0.306 e. The van der Waals surface area contributed by atoms with Crippen molar-refractivity contribution in [2.75, 3.05) is 6.54 Å². The topological polar surface area (TPSA) is 37.8 Å². The average molecular weight is 233 g/mol. The maximum Gasteiger partial charge on any atom is 0.115 e. The van der Waals surface area contributed by atoms with Crippen LogP contribution in [0.1, 0.15) is 29.8 Å². The fourth-order valence-corrected chi connectivity index (χ4v) is 2.41. The smallest absolute Gasteiger partial charge is 0.115 e. The lowest BCUT2D eigenvalue weighted by atomic mass is 10.1. The maximum absolute atomic E-state index is 4.08. The first-order valence-corrected chi connectivity index (χ1v) is 6.31. The summed E-state index contributed by atoms with van der Waals surface area (Å²) in [4.78, 5) is 9.46. The summed E-state index contributed by atoms with van der Waals surface area (Å²) in [5, 5.41) is 5.62. The first-order chi connectivity index (χ1) is 7.92. The quantitative estimate of drug-likeness (QED) is 0.862. The van der Waals surface area contributed by atoms with Crippen LogP contribution in [0.3, 0.4) is 0 Å². The van der Waals surface area contributed by atoms with Gasteiger partial charge in [0.2, 0.25) is 0 Å². The Bertz CT molecular complexity index is 399. The van der Waals surface area contributed by atoms with Gasteiger partial charge in [-0.2, -0.15) is 0 Å². The molecule has 2 aromatic rings. The van der Waals surface area contributed by atoms with Gasteiger partial charge in [0.1, 0.15) is 6.33 Å². The molecule has 0 fully saturated rings. The summed E-state index contributed by atoms with van der Waals surface area (Å²) in [5.41, 5.74) is 1.12. The van der Waals surface area contributed by atoms with Gasteiger partial charge in [-0.15, -0.1) is 11.3 Å². The predicted molar refractivity (Wildman–Crippen MR) is 66.5 cm³/mol. The van der Waals surface area contributed by atoms with Crippen molar-refractivity contribution in [3.63, 3.8) is 0 Å². The summed E-state index contributed by atoms with van der Waals surface area (Å²) in [6.07, 6.45) is 6.43. The number of nitrogens with one attached hydrogen (secondary N) is 1. The third kappa shape index (κ3) is 2.65. The van der Waals surface area contributed by atoms with E-state index in [-0.39, 0.29) is 6.04 Å². The van der Waals surface area contributed by atoms with Crippen LogP contribution in [-0.2, 0) is 0 Å². The first kappa shape index (κ1) is 11.2. The van der Waals surface area contributed by atoms with E-state index in [2.05, 4.69) is 39.7 Å². The van der Waals surface area contributed by atoms with Gasteiger partial charge >= 0.3 is 0 Å². The SMILES string of the molecule is CCCNC(c1cncnc1)c1cccs1. The molecule has 2 aromatic heterocycles. The molecule has 2 rings (SSSR count). The highest BCUT2D eigenvalue weighted by Gasteiger charge is 2.14. The molecule has 0 aliphatic carbocycles. The van der Waals surface area contributed by atoms with Crippen LogP contribution in [0.5, 0.6) is 0 Å². The van der Waals surface area contributed by atoms with Crippen molar-refractivity contribution in [1.29, 1.82) is 0 Å². The van der Waals surface area contributed by atoms with Gasteiger partial charge in [-0.3, -0.25) is 0 Å². The minimum atomic E-state index is 0.223. The first-order valence-electron chi connectivity index (χ1n) is 5.43. The molecule has 0 aliphatic rings. The second kappa shape index (κ2) is 5.72. The Kier molecular flexibility index (Phi) is 4.02. The second-order valence-electron chi connectivity index (χ2n) is 3.57. The van der Waals surface area contributed by atoms with Gasteiger partial charge < -0.3 is 5.32 Å². The standard InChI is InChI=1S/C12H15N3S/c1-2-5-15-12(11-4-3-6-16-11)10-7-13-9-14-8-10/h3-4,6-9,12,15H,2,5H2,1H3. The van der Waals surface area contributed by atoms with Gasteiger partial charge in [0.05, 0.1) is 6.04 Å². The molecule has 0 aliphatic heterocycles. The van der Waals surface area contributed by atoms with E-state index in [4.69, 9.17) is 0 Å². The highest BCUT2D eigenvalue weighted by molar-refractivity contribution is 7.10. The van der Waals surface area contributed by atoms with Gasteiger partial charge in [0, 0.05) is 22.8 Å². The zero-order valence-corrected chi connectivity index (χ0v) is 10.1. The molecule has 0 aromatic carbocycles. The summed E-state index contributed by atoms with van der Waals surface area (Å²) < 4.78 is 0. The van der Waals surface area contributed by atoms with E-state index in [0.29, 0.717) is 0 Å². The lowest BCUT2D eigenvalue weighted by molar-refractivity contribution is 0.602. The van der Waals surface area contributed by atoms with E-state index >= 15 is 0 Å². The molecule has 0 radical (unpaired) electrons. The van der Waals surface area contributed by atoms with Crippen LogP contribution in [0.25, 0.3) is 0 Å². The predicted octanol–water partition coefficient (Wildman–Crippen LogP) is 2.63. The lowest BCUT2D eigenvalue weighted by Crippen LogP contribution is -2.22. The molecule has 1 unspecified atom stereocenters. The van der Waals surface area contributed by atoms with Gasteiger partial charge in [0.25, 0.3) is 0 Å². The largest absolute Gasteiger partial charge is 0.306 e. The Morgan fingerprint density at radius 1 is 1.38 bits per heavy atom. The lowest BCUT2D eigenvalue weighted by Gasteiger charge is -2.16. The summed E-state index contributed by atoms with van der Waals surface area (Å²) in [6.45, 7) is 3.16. The summed E-state index contributed by atoms with van der Waals surface area (Å²) in [7, 11) is 0. The fourth-order valence-electron chi connectivity index (χ4n) is 1.59. The number of hydrogen-bond donors (Lipinski definition) is 1. The van der Waals surface area contributed by atoms with Crippen LogP contribution in [0.15, 0.2) is 36.2 Å². The van der Waals surface area contributed by atoms with Crippen molar-refractivity contribution >= 4 is 11.3 Å². The number of nitrogens with zero attached hydrogens (tertiary/aromatic N) is 2. The van der Waals surface area contributed by atoms with E-state index in [1.165, 1.54) is 4.88 Å². The van der Waals surface area contributed by atoms with Crippen molar-refractivity contribution < 1.29 is 0 Å². The normalized spacial score (nSPS) is 12.6. The van der Waals surface area contributed by atoms with Crippen LogP contribution < -0.4 is 5.32 Å². The van der Waals surface area contributed by atoms with E-state index < -0.39 is 0 Å². The number of aromatic nitrogens is 2. The molecular weight excluding hydrogens is 218 g/mol. The fraction of sp³-hybridized carbons (Fsp3) is 0.333. The molecule has 2 heterocycles. The molecule has 1 N–H and O–H groups in total. The Morgan fingerprint density at radius 3 is 2.81 bits per heavy atom. The number of thiophene rings is 1. The van der Waals surface area contributed by atoms with Gasteiger partial charge in [0.15, 0.2) is 0 Å². The van der Waals surface area contributed by atoms with Crippen molar-refractivity contribution in [2.45, 2.75) is 19.4 Å². The molecule has 84 valence electrons. The van der Waals surface area contributed by atoms with Crippen molar-refractivity contribution in [1.82, 2.24) is 15.3 Å². The van der Waals surface area contributed by atoms with Gasteiger partial charge in [-0.25, -0.2) is 9.97 Å². The van der Waals surface area contributed by atoms with E-state index in [9.17, 15) is 0 Å². The molecule has 4 heteroatoms. The monoisotopic (exact) mass is 233 g/mol. The average Bonchev–Trinajstić information content (AvgIpc) is 2.85. The summed E-state index contributed by atoms with van der Waals surface area (Å²) >= 11 is 1.76. The Labute approximate surface area is 99.6 Å². The van der Waals surface area contributed by atoms with Gasteiger partial charge in [-0.1, -0.05) is 13.0 Å². The molecule has 0 bridgehead atoms. The molecule has 0 amide bonds. The zero-order valence-electron chi connectivity index (χ0n) is 9.26. The summed E-state index contributed by atoms with van der Waals surface area (Å²) in [5.74, 6) is 0. The van der Waals surface area contributed by atoms with Crippen molar-refractivity contribution in [3.05, 3.63) is 46.7 Å². The highest BCUT2D eigenvalue weighted by Crippen LogP contribution is 2.24. The minimum absolute atomic E-state index is 0.223. The van der Waals surface area contributed by atoms with Crippen LogP contribution >= 0.6 is 11.3 Å². The molecule has 0 spiro atoms. The van der Waals surface area contributed by atoms with Crippen LogP contribution in [0, 0.1) is 0 Å². The molecule has 0 saturated heterocycles. The van der Waals surface area contributed by atoms with E-state index in [1.807, 2.05) is 12.4 Å².